The molecular formula is C21H19ClF3N3O2. The van der Waals surface area contributed by atoms with Crippen molar-refractivity contribution in [1.29, 1.82) is 0 Å². The Hall–Kier alpha value is -2.74. The van der Waals surface area contributed by atoms with E-state index in [1.54, 1.807) is 41.1 Å². The maximum atomic E-state index is 12.7. The molecule has 158 valence electrons. The summed E-state index contributed by atoms with van der Waals surface area (Å²) < 4.78 is 50.5. The van der Waals surface area contributed by atoms with Gasteiger partial charge in [0.25, 0.3) is 0 Å². The number of fused-ring (bicyclic) bond motifs is 1. The van der Waals surface area contributed by atoms with E-state index < -0.39 is 12.8 Å². The number of hydrogen-bond donors (Lipinski definition) is 0. The van der Waals surface area contributed by atoms with E-state index in [2.05, 4.69) is 9.98 Å². The Morgan fingerprint density at radius 3 is 2.70 bits per heavy atom. The minimum absolute atomic E-state index is 0.0940. The maximum Gasteiger partial charge on any atom is 0.422 e. The quantitative estimate of drug-likeness (QED) is 0.526. The predicted octanol–water partition coefficient (Wildman–Crippen LogP) is 5.54. The molecule has 9 heteroatoms. The number of rotatable bonds is 5. The van der Waals surface area contributed by atoms with Crippen LogP contribution in [0.25, 0.3) is 16.8 Å². The lowest BCUT2D eigenvalue weighted by Gasteiger charge is -2.14. The molecule has 3 aromatic rings. The largest absolute Gasteiger partial charge is 0.483 e. The van der Waals surface area contributed by atoms with Crippen LogP contribution in [0.1, 0.15) is 26.0 Å². The van der Waals surface area contributed by atoms with Gasteiger partial charge in [0.2, 0.25) is 5.90 Å². The van der Waals surface area contributed by atoms with Crippen LogP contribution < -0.4 is 4.74 Å². The summed E-state index contributed by atoms with van der Waals surface area (Å²) in [4.78, 5) is 9.27. The number of benzene rings is 1. The molecule has 0 saturated heterocycles. The van der Waals surface area contributed by atoms with Gasteiger partial charge in [0.05, 0.1) is 10.6 Å². The SMILES string of the molecule is CCC1(C)COC(c2cn3cc(Cl)cc(-c4ccccc4OCC(F)(F)F)c3n2)=N1. The summed E-state index contributed by atoms with van der Waals surface area (Å²) >= 11 is 6.28. The number of ether oxygens (including phenoxy) is 2. The van der Waals surface area contributed by atoms with E-state index in [9.17, 15) is 13.2 Å². The topological polar surface area (TPSA) is 48.1 Å². The van der Waals surface area contributed by atoms with Gasteiger partial charge in [-0.3, -0.25) is 0 Å². The van der Waals surface area contributed by atoms with Gasteiger partial charge in [0.15, 0.2) is 6.61 Å². The van der Waals surface area contributed by atoms with Crippen molar-refractivity contribution in [2.45, 2.75) is 32.0 Å². The molecule has 1 aromatic carbocycles. The standard InChI is InChI=1S/C21H19ClF3N3O2/c1-3-20(2)11-30-19(27-20)16-10-28-9-13(22)8-15(18(28)26-16)14-6-4-5-7-17(14)29-12-21(23,24)25/h4-10H,3,11-12H2,1-2H3. The molecule has 0 amide bonds. The number of para-hydroxylation sites is 1. The third kappa shape index (κ3) is 4.09. The van der Waals surface area contributed by atoms with E-state index >= 15 is 0 Å². The van der Waals surface area contributed by atoms with Gasteiger partial charge in [0, 0.05) is 23.5 Å². The Kier molecular flexibility index (Phi) is 5.13. The fourth-order valence-electron chi connectivity index (χ4n) is 3.19. The summed E-state index contributed by atoms with van der Waals surface area (Å²) in [6.45, 7) is 3.12. The molecule has 4 rings (SSSR count). The minimum atomic E-state index is -4.44. The van der Waals surface area contributed by atoms with Crippen LogP contribution in [-0.4, -0.2) is 40.2 Å². The first-order valence-electron chi connectivity index (χ1n) is 9.38. The van der Waals surface area contributed by atoms with Crippen molar-refractivity contribution in [3.8, 4) is 16.9 Å². The van der Waals surface area contributed by atoms with E-state index in [0.29, 0.717) is 40.0 Å². The van der Waals surface area contributed by atoms with Crippen molar-refractivity contribution in [1.82, 2.24) is 9.38 Å². The highest BCUT2D eigenvalue weighted by Crippen LogP contribution is 2.35. The summed E-state index contributed by atoms with van der Waals surface area (Å²) in [6, 6.07) is 8.13. The average Bonchev–Trinajstić information content (AvgIpc) is 3.29. The number of aromatic nitrogens is 2. The lowest BCUT2D eigenvalue weighted by atomic mass is 10.0. The monoisotopic (exact) mass is 437 g/mol. The van der Waals surface area contributed by atoms with Crippen LogP contribution in [0.3, 0.4) is 0 Å². The number of alkyl halides is 3. The summed E-state index contributed by atoms with van der Waals surface area (Å²) in [5.41, 5.74) is 1.74. The molecule has 0 saturated carbocycles. The highest BCUT2D eigenvalue weighted by Gasteiger charge is 2.32. The summed E-state index contributed by atoms with van der Waals surface area (Å²) in [5, 5.41) is 0.403. The number of hydrogen-bond acceptors (Lipinski definition) is 4. The molecule has 3 heterocycles. The highest BCUT2D eigenvalue weighted by atomic mass is 35.5. The third-order valence-electron chi connectivity index (χ3n) is 4.96. The van der Waals surface area contributed by atoms with Crippen LogP contribution in [0.4, 0.5) is 13.2 Å². The molecule has 0 bridgehead atoms. The molecule has 1 unspecified atom stereocenters. The fourth-order valence-corrected chi connectivity index (χ4v) is 3.40. The van der Waals surface area contributed by atoms with Crippen LogP contribution >= 0.6 is 11.6 Å². The van der Waals surface area contributed by atoms with E-state index in [4.69, 9.17) is 21.1 Å². The summed E-state index contributed by atoms with van der Waals surface area (Å²) in [6.07, 6.45) is -0.208. The van der Waals surface area contributed by atoms with Gasteiger partial charge in [-0.15, -0.1) is 0 Å². The van der Waals surface area contributed by atoms with Gasteiger partial charge in [-0.1, -0.05) is 36.7 Å². The molecular weight excluding hydrogens is 419 g/mol. The van der Waals surface area contributed by atoms with E-state index in [-0.39, 0.29) is 11.3 Å². The zero-order chi connectivity index (χ0) is 21.5. The Bertz CT molecular complexity index is 1130. The smallest absolute Gasteiger partial charge is 0.422 e. The van der Waals surface area contributed by atoms with Crippen molar-refractivity contribution in [2.75, 3.05) is 13.2 Å². The normalized spacial score (nSPS) is 19.1. The fraction of sp³-hybridized carbons (Fsp3) is 0.333. The van der Waals surface area contributed by atoms with Gasteiger partial charge >= 0.3 is 6.18 Å². The molecule has 0 N–H and O–H groups in total. The molecule has 5 nitrogen and oxygen atoms in total. The number of aliphatic imine (C=N–C) groups is 1. The molecule has 1 aliphatic heterocycles. The van der Waals surface area contributed by atoms with E-state index in [1.165, 1.54) is 6.07 Å². The molecule has 2 aromatic heterocycles. The predicted molar refractivity (Wildman–Crippen MR) is 108 cm³/mol. The zero-order valence-electron chi connectivity index (χ0n) is 16.3. The number of halogens is 4. The summed E-state index contributed by atoms with van der Waals surface area (Å²) in [5.74, 6) is 0.531. The lowest BCUT2D eigenvalue weighted by molar-refractivity contribution is -0.153. The minimum Gasteiger partial charge on any atom is -0.483 e. The second-order valence-corrected chi connectivity index (χ2v) is 7.82. The third-order valence-corrected chi connectivity index (χ3v) is 5.17. The average molecular weight is 438 g/mol. The van der Waals surface area contributed by atoms with Crippen LogP contribution in [0.2, 0.25) is 5.02 Å². The van der Waals surface area contributed by atoms with Gasteiger partial charge in [-0.25, -0.2) is 9.98 Å². The van der Waals surface area contributed by atoms with Gasteiger partial charge in [0.1, 0.15) is 23.7 Å². The second kappa shape index (κ2) is 7.50. The first-order chi connectivity index (χ1) is 14.2. The van der Waals surface area contributed by atoms with Crippen molar-refractivity contribution >= 4 is 23.1 Å². The molecule has 0 fully saturated rings. The maximum absolute atomic E-state index is 12.7. The van der Waals surface area contributed by atoms with Crippen LogP contribution in [0, 0.1) is 0 Å². The van der Waals surface area contributed by atoms with E-state index in [1.807, 2.05) is 13.8 Å². The molecule has 1 aliphatic rings. The molecule has 0 spiro atoms. The Labute approximate surface area is 176 Å². The van der Waals surface area contributed by atoms with Crippen molar-refractivity contribution in [2.24, 2.45) is 4.99 Å². The van der Waals surface area contributed by atoms with Crippen molar-refractivity contribution in [3.63, 3.8) is 0 Å². The molecule has 1 atom stereocenters. The number of pyridine rings is 1. The van der Waals surface area contributed by atoms with Gasteiger partial charge in [-0.05, 0) is 25.5 Å². The number of imidazole rings is 1. The second-order valence-electron chi connectivity index (χ2n) is 7.39. The molecule has 0 radical (unpaired) electrons. The number of nitrogens with zero attached hydrogens (tertiary/aromatic N) is 3. The molecule has 30 heavy (non-hydrogen) atoms. The van der Waals surface area contributed by atoms with Crippen molar-refractivity contribution < 1.29 is 22.6 Å². The zero-order valence-corrected chi connectivity index (χ0v) is 17.1. The molecule has 0 aliphatic carbocycles. The highest BCUT2D eigenvalue weighted by molar-refractivity contribution is 6.31. The van der Waals surface area contributed by atoms with Gasteiger partial charge in [-0.2, -0.15) is 13.2 Å². The van der Waals surface area contributed by atoms with Crippen LogP contribution in [0.15, 0.2) is 47.7 Å². The Morgan fingerprint density at radius 1 is 1.23 bits per heavy atom. The van der Waals surface area contributed by atoms with Crippen molar-refractivity contribution in [3.05, 3.63) is 53.4 Å². The van der Waals surface area contributed by atoms with E-state index in [0.717, 1.165) is 6.42 Å². The Morgan fingerprint density at radius 2 is 2.00 bits per heavy atom. The lowest BCUT2D eigenvalue weighted by Crippen LogP contribution is -2.21. The first-order valence-corrected chi connectivity index (χ1v) is 9.75. The Balaban J connectivity index is 1.80. The van der Waals surface area contributed by atoms with Gasteiger partial charge < -0.3 is 13.9 Å². The van der Waals surface area contributed by atoms with Crippen LogP contribution in [0.5, 0.6) is 5.75 Å². The first kappa shape index (κ1) is 20.5. The van der Waals surface area contributed by atoms with Crippen LogP contribution in [-0.2, 0) is 4.74 Å². The summed E-state index contributed by atoms with van der Waals surface area (Å²) in [7, 11) is 0.